The summed E-state index contributed by atoms with van der Waals surface area (Å²) >= 11 is 4.29. The van der Waals surface area contributed by atoms with Crippen molar-refractivity contribution in [1.29, 1.82) is 0 Å². The largest absolute Gasteiger partial charge is 0.463 e. The van der Waals surface area contributed by atoms with Crippen LogP contribution in [-0.2, 0) is 14.3 Å². The molecule has 0 spiro atoms. The molecule has 5 aliphatic rings. The van der Waals surface area contributed by atoms with Gasteiger partial charge in [-0.2, -0.15) is 0 Å². The van der Waals surface area contributed by atoms with Crippen LogP contribution in [0.25, 0.3) is 0 Å². The minimum atomic E-state index is -0.134. The normalized spacial score (nSPS) is 48.1. The Labute approximate surface area is 210 Å². The van der Waals surface area contributed by atoms with Crippen molar-refractivity contribution in [3.63, 3.8) is 0 Å². The highest BCUT2D eigenvalue weighted by atomic mass is 79.9. The maximum absolute atomic E-state index is 11.6. The lowest BCUT2D eigenvalue weighted by Crippen LogP contribution is -2.63. The Hall–Kier alpha value is -0.0900. The first-order chi connectivity index (χ1) is 15.8. The fourth-order valence-electron chi connectivity index (χ4n) is 9.78. The third-order valence-corrected chi connectivity index (χ3v) is 13.0. The lowest BCUT2D eigenvalue weighted by Gasteiger charge is -2.62. The van der Waals surface area contributed by atoms with Crippen molar-refractivity contribution in [3.8, 4) is 0 Å². The molecule has 0 amide bonds. The van der Waals surface area contributed by atoms with E-state index in [1.165, 1.54) is 77.0 Å². The van der Waals surface area contributed by atoms with Gasteiger partial charge in [-0.3, -0.25) is 4.79 Å². The zero-order valence-corrected chi connectivity index (χ0v) is 23.0. The van der Waals surface area contributed by atoms with Crippen LogP contribution in [0.2, 0.25) is 0 Å². The predicted octanol–water partition coefficient (Wildman–Crippen LogP) is 7.83. The molecule has 33 heavy (non-hydrogen) atoms. The highest BCUT2D eigenvalue weighted by Gasteiger charge is 2.72. The molecule has 9 atom stereocenters. The molecule has 3 nitrogen and oxygen atoms in total. The second-order valence-electron chi connectivity index (χ2n) is 12.8. The first kappa shape index (κ1) is 24.6. The smallest absolute Gasteiger partial charge is 0.302 e. The second kappa shape index (κ2) is 9.41. The van der Waals surface area contributed by atoms with Crippen molar-refractivity contribution in [2.24, 2.45) is 34.5 Å². The minimum Gasteiger partial charge on any atom is -0.463 e. The van der Waals surface area contributed by atoms with E-state index in [0.29, 0.717) is 5.41 Å². The highest BCUT2D eigenvalue weighted by Crippen LogP contribution is 2.73. The van der Waals surface area contributed by atoms with Gasteiger partial charge in [0.15, 0.2) is 0 Å². The van der Waals surface area contributed by atoms with Crippen molar-refractivity contribution in [2.45, 2.75) is 134 Å². The molecule has 5 rings (SSSR count). The van der Waals surface area contributed by atoms with E-state index < -0.39 is 0 Å². The summed E-state index contributed by atoms with van der Waals surface area (Å²) in [6.07, 6.45) is 20.3. The molecule has 0 unspecified atom stereocenters. The summed E-state index contributed by atoms with van der Waals surface area (Å²) in [5.41, 5.74) is 0.803. The van der Waals surface area contributed by atoms with E-state index in [1.54, 1.807) is 6.92 Å². The van der Waals surface area contributed by atoms with E-state index >= 15 is 0 Å². The lowest BCUT2D eigenvalue weighted by molar-refractivity contribution is -0.154. The number of ether oxygens (including phenoxy) is 2. The molecule has 0 aromatic carbocycles. The Bertz CT molecular complexity index is 726. The summed E-state index contributed by atoms with van der Waals surface area (Å²) < 4.78 is 12.3. The average Bonchev–Trinajstić information content (AvgIpc) is 3.18. The number of carbonyl (C=O) groups is 1. The van der Waals surface area contributed by atoms with Gasteiger partial charge in [0.05, 0.1) is 17.0 Å². The van der Waals surface area contributed by atoms with Gasteiger partial charge >= 0.3 is 5.97 Å². The van der Waals surface area contributed by atoms with Crippen LogP contribution in [0, 0.1) is 34.5 Å². The molecule has 5 fully saturated rings. The van der Waals surface area contributed by atoms with Gasteiger partial charge in [0.25, 0.3) is 0 Å². The van der Waals surface area contributed by atoms with Crippen LogP contribution in [0.15, 0.2) is 0 Å². The van der Waals surface area contributed by atoms with Crippen molar-refractivity contribution in [3.05, 3.63) is 0 Å². The quantitative estimate of drug-likeness (QED) is 0.185. The summed E-state index contributed by atoms with van der Waals surface area (Å²) in [4.78, 5) is 11.6. The fraction of sp³-hybridized carbons (Fsp3) is 0.966. The van der Waals surface area contributed by atoms with Crippen molar-refractivity contribution in [2.75, 3.05) is 6.61 Å². The zero-order chi connectivity index (χ0) is 23.3. The second-order valence-corrected chi connectivity index (χ2v) is 14.2. The van der Waals surface area contributed by atoms with Crippen molar-refractivity contribution >= 4 is 21.9 Å². The number of hydrogen-bond acceptors (Lipinski definition) is 3. The van der Waals surface area contributed by atoms with Gasteiger partial charge in [0.1, 0.15) is 6.10 Å². The summed E-state index contributed by atoms with van der Waals surface area (Å²) in [7, 11) is 0. The molecular formula is C29H47BrO3. The van der Waals surface area contributed by atoms with Crippen molar-refractivity contribution in [1.82, 2.24) is 0 Å². The maximum Gasteiger partial charge on any atom is 0.302 e. The van der Waals surface area contributed by atoms with Gasteiger partial charge in [-0.25, -0.2) is 0 Å². The third kappa shape index (κ3) is 3.96. The number of rotatable bonds is 8. The maximum atomic E-state index is 11.6. The summed E-state index contributed by atoms with van der Waals surface area (Å²) in [5.74, 6) is 3.32. The number of carbonyl (C=O) groups excluding carboxylic acids is 1. The highest BCUT2D eigenvalue weighted by molar-refractivity contribution is 9.10. The molecule has 0 N–H and O–H groups in total. The van der Waals surface area contributed by atoms with Crippen LogP contribution in [0.1, 0.15) is 117 Å². The molecule has 0 aromatic heterocycles. The van der Waals surface area contributed by atoms with Gasteiger partial charge in [-0.1, -0.05) is 68.3 Å². The molecule has 1 aliphatic heterocycles. The monoisotopic (exact) mass is 522 g/mol. The number of fused-ring (bicyclic) bond motifs is 3. The molecule has 0 aromatic rings. The van der Waals surface area contributed by atoms with Crippen LogP contribution in [0.3, 0.4) is 0 Å². The Morgan fingerprint density at radius 3 is 2.61 bits per heavy atom. The van der Waals surface area contributed by atoms with Crippen LogP contribution >= 0.6 is 15.9 Å². The van der Waals surface area contributed by atoms with Crippen LogP contribution in [0.5, 0.6) is 0 Å². The van der Waals surface area contributed by atoms with Gasteiger partial charge in [-0.05, 0) is 80.5 Å². The number of hydrogen-bond donors (Lipinski definition) is 0. The van der Waals surface area contributed by atoms with Crippen molar-refractivity contribution < 1.29 is 14.3 Å². The standard InChI is InChI=1S/C29H47BrO3/c1-4-5-6-7-8-9-10-21-11-12-24-23-17-26-29(30)18-22(33-20(2)31)13-16-28(29,19-32-26)25(23)14-15-27(21,24)3/h21-26H,4-19H2,1-3H3/t21-,22-,23-,24-,25-,26+,27+,28-,29-/m0/s1. The fourth-order valence-corrected chi connectivity index (χ4v) is 11.1. The third-order valence-electron chi connectivity index (χ3n) is 11.4. The molecule has 4 saturated carbocycles. The summed E-state index contributed by atoms with van der Waals surface area (Å²) in [6, 6.07) is 0. The average molecular weight is 524 g/mol. The van der Waals surface area contributed by atoms with Gasteiger partial charge in [0.2, 0.25) is 0 Å². The Balaban J connectivity index is 1.27. The Morgan fingerprint density at radius 1 is 1.03 bits per heavy atom. The summed E-state index contributed by atoms with van der Waals surface area (Å²) in [5, 5.41) is 0. The molecule has 4 heteroatoms. The molecule has 188 valence electrons. The SMILES string of the molecule is CCCCCCCC[C@H]1CC[C@H]2[C@@H]3C[C@H]4OC[C@@]5(CC[C@H](OC(C)=O)C[C@]45Br)[C@H]3CC[C@]12C. The van der Waals surface area contributed by atoms with Gasteiger partial charge in [0, 0.05) is 18.8 Å². The van der Waals surface area contributed by atoms with Gasteiger partial charge in [-0.15, -0.1) is 0 Å². The molecule has 0 radical (unpaired) electrons. The molecule has 1 saturated heterocycles. The molecular weight excluding hydrogens is 476 g/mol. The zero-order valence-electron chi connectivity index (χ0n) is 21.4. The Morgan fingerprint density at radius 2 is 1.82 bits per heavy atom. The van der Waals surface area contributed by atoms with Crippen LogP contribution in [0.4, 0.5) is 0 Å². The number of unbranched alkanes of at least 4 members (excludes halogenated alkanes) is 5. The molecule has 2 bridgehead atoms. The van der Waals surface area contributed by atoms with E-state index in [0.717, 1.165) is 49.5 Å². The first-order valence-corrected chi connectivity index (χ1v) is 15.1. The number of halogens is 1. The first-order valence-electron chi connectivity index (χ1n) is 14.3. The van der Waals surface area contributed by atoms with Crippen LogP contribution < -0.4 is 0 Å². The van der Waals surface area contributed by atoms with E-state index in [9.17, 15) is 4.79 Å². The van der Waals surface area contributed by atoms with E-state index in [-0.39, 0.29) is 27.9 Å². The lowest BCUT2D eigenvalue weighted by atomic mass is 9.44. The molecule has 4 aliphatic carbocycles. The topological polar surface area (TPSA) is 35.5 Å². The van der Waals surface area contributed by atoms with E-state index in [2.05, 4.69) is 29.8 Å². The van der Waals surface area contributed by atoms with Crippen LogP contribution in [-0.4, -0.2) is 29.1 Å². The van der Waals surface area contributed by atoms with E-state index in [1.807, 2.05) is 0 Å². The minimum absolute atomic E-state index is 0.00374. The Kier molecular flexibility index (Phi) is 7.02. The molecule has 1 heterocycles. The predicted molar refractivity (Wildman–Crippen MR) is 136 cm³/mol. The van der Waals surface area contributed by atoms with Gasteiger partial charge < -0.3 is 9.47 Å². The van der Waals surface area contributed by atoms with E-state index in [4.69, 9.17) is 9.47 Å². The summed E-state index contributed by atoms with van der Waals surface area (Å²) in [6.45, 7) is 7.46. The number of esters is 1. The number of alkyl halides is 1.